The lowest BCUT2D eigenvalue weighted by atomic mass is 9.96. The summed E-state index contributed by atoms with van der Waals surface area (Å²) in [6, 6.07) is 10.9. The Hall–Kier alpha value is -1.50. The summed E-state index contributed by atoms with van der Waals surface area (Å²) in [4.78, 5) is 0. The van der Waals surface area contributed by atoms with Crippen LogP contribution in [0.5, 0.6) is 0 Å². The highest BCUT2D eigenvalue weighted by Gasteiger charge is 2.08. The van der Waals surface area contributed by atoms with Crippen LogP contribution in [0, 0.1) is 13.8 Å². The van der Waals surface area contributed by atoms with E-state index in [9.17, 15) is 0 Å². The van der Waals surface area contributed by atoms with Gasteiger partial charge >= 0.3 is 0 Å². The Balaban J connectivity index is 2.08. The minimum absolute atomic E-state index is 0.506. The molecule has 84 valence electrons. The summed E-state index contributed by atoms with van der Waals surface area (Å²) in [7, 11) is 0. The van der Waals surface area contributed by atoms with Crippen LogP contribution in [0.25, 0.3) is 0 Å². The number of benzene rings is 1. The van der Waals surface area contributed by atoms with Crippen LogP contribution in [-0.2, 0) is 6.42 Å². The molecular formula is C15H18O. The van der Waals surface area contributed by atoms with Crippen LogP contribution in [0.3, 0.4) is 0 Å². The molecule has 1 aromatic carbocycles. The fourth-order valence-corrected chi connectivity index (χ4v) is 1.91. The van der Waals surface area contributed by atoms with E-state index in [4.69, 9.17) is 4.42 Å². The average Bonchev–Trinajstić information content (AvgIpc) is 2.65. The third kappa shape index (κ3) is 2.54. The van der Waals surface area contributed by atoms with Crippen molar-refractivity contribution in [3.05, 3.63) is 59.0 Å². The number of furan rings is 1. The number of hydrogen-bond donors (Lipinski definition) is 0. The molecule has 16 heavy (non-hydrogen) atoms. The fraction of sp³-hybridized carbons (Fsp3) is 0.333. The second-order valence-corrected chi connectivity index (χ2v) is 4.61. The van der Waals surface area contributed by atoms with Crippen LogP contribution >= 0.6 is 0 Å². The smallest absolute Gasteiger partial charge is 0.104 e. The van der Waals surface area contributed by atoms with Crippen molar-refractivity contribution in [2.75, 3.05) is 0 Å². The predicted molar refractivity (Wildman–Crippen MR) is 66.7 cm³/mol. The van der Waals surface area contributed by atoms with E-state index in [-0.39, 0.29) is 0 Å². The zero-order valence-electron chi connectivity index (χ0n) is 10.2. The van der Waals surface area contributed by atoms with Gasteiger partial charge in [0.15, 0.2) is 0 Å². The maximum absolute atomic E-state index is 5.48. The second kappa shape index (κ2) is 4.56. The second-order valence-electron chi connectivity index (χ2n) is 4.61. The van der Waals surface area contributed by atoms with E-state index in [1.54, 1.807) is 0 Å². The molecule has 2 rings (SSSR count). The van der Waals surface area contributed by atoms with Gasteiger partial charge in [-0.2, -0.15) is 0 Å². The molecule has 0 fully saturated rings. The van der Waals surface area contributed by atoms with Crippen LogP contribution in [0.15, 0.2) is 41.0 Å². The summed E-state index contributed by atoms with van der Waals surface area (Å²) in [5.41, 5.74) is 3.88. The van der Waals surface area contributed by atoms with E-state index in [0.717, 1.165) is 12.2 Å². The summed E-state index contributed by atoms with van der Waals surface area (Å²) in [6.45, 7) is 6.41. The Bertz CT molecular complexity index is 451. The van der Waals surface area contributed by atoms with Gasteiger partial charge in [0.25, 0.3) is 0 Å². The van der Waals surface area contributed by atoms with Gasteiger partial charge in [-0.15, -0.1) is 0 Å². The fourth-order valence-electron chi connectivity index (χ4n) is 1.91. The van der Waals surface area contributed by atoms with Gasteiger partial charge in [-0.25, -0.2) is 0 Å². The molecule has 0 saturated carbocycles. The Morgan fingerprint density at radius 3 is 2.31 bits per heavy atom. The number of aryl methyl sites for hydroxylation is 2. The van der Waals surface area contributed by atoms with Gasteiger partial charge in [0, 0.05) is 6.42 Å². The maximum atomic E-state index is 5.48. The van der Waals surface area contributed by atoms with Gasteiger partial charge in [0.1, 0.15) is 5.76 Å². The van der Waals surface area contributed by atoms with Gasteiger partial charge in [-0.05, 0) is 37.0 Å². The van der Waals surface area contributed by atoms with Crippen LogP contribution in [0.1, 0.15) is 35.3 Å². The summed E-state index contributed by atoms with van der Waals surface area (Å²) < 4.78 is 5.48. The lowest BCUT2D eigenvalue weighted by Crippen LogP contribution is -1.97. The van der Waals surface area contributed by atoms with Gasteiger partial charge in [-0.1, -0.05) is 36.8 Å². The highest BCUT2D eigenvalue weighted by Crippen LogP contribution is 2.21. The Morgan fingerprint density at radius 2 is 1.75 bits per heavy atom. The molecule has 0 radical (unpaired) electrons. The lowest BCUT2D eigenvalue weighted by molar-refractivity contribution is 0.492. The minimum Gasteiger partial charge on any atom is -0.469 e. The first-order chi connectivity index (χ1) is 7.65. The first kappa shape index (κ1) is 11.0. The van der Waals surface area contributed by atoms with Crippen molar-refractivity contribution in [1.82, 2.24) is 0 Å². The van der Waals surface area contributed by atoms with Crippen LogP contribution < -0.4 is 0 Å². The highest BCUT2D eigenvalue weighted by molar-refractivity contribution is 5.25. The highest BCUT2D eigenvalue weighted by atomic mass is 16.3. The molecule has 0 bridgehead atoms. The molecule has 0 aliphatic carbocycles. The SMILES string of the molecule is Cc1ccc(C(C)Cc2cc(C)co2)cc1. The van der Waals surface area contributed by atoms with Crippen molar-refractivity contribution in [2.45, 2.75) is 33.1 Å². The predicted octanol–water partition coefficient (Wildman–Crippen LogP) is 4.24. The molecule has 0 N–H and O–H groups in total. The molecule has 1 aromatic heterocycles. The average molecular weight is 214 g/mol. The minimum atomic E-state index is 0.506. The van der Waals surface area contributed by atoms with E-state index in [0.29, 0.717) is 5.92 Å². The van der Waals surface area contributed by atoms with Crippen molar-refractivity contribution in [3.8, 4) is 0 Å². The van der Waals surface area contributed by atoms with Crippen molar-refractivity contribution in [2.24, 2.45) is 0 Å². The van der Waals surface area contributed by atoms with Gasteiger partial charge in [-0.3, -0.25) is 0 Å². The van der Waals surface area contributed by atoms with Crippen molar-refractivity contribution in [3.63, 3.8) is 0 Å². The molecule has 0 aliphatic heterocycles. The molecule has 1 heterocycles. The summed E-state index contributed by atoms with van der Waals surface area (Å²) in [5.74, 6) is 1.58. The molecule has 0 saturated heterocycles. The van der Waals surface area contributed by atoms with E-state index in [2.05, 4.69) is 51.1 Å². The quantitative estimate of drug-likeness (QED) is 0.744. The Morgan fingerprint density at radius 1 is 1.06 bits per heavy atom. The van der Waals surface area contributed by atoms with Gasteiger partial charge in [0.2, 0.25) is 0 Å². The normalized spacial score (nSPS) is 12.7. The van der Waals surface area contributed by atoms with E-state index >= 15 is 0 Å². The van der Waals surface area contributed by atoms with E-state index in [1.807, 2.05) is 6.26 Å². The molecule has 1 nitrogen and oxygen atoms in total. The number of hydrogen-bond acceptors (Lipinski definition) is 1. The summed E-state index contributed by atoms with van der Waals surface area (Å²) in [6.07, 6.45) is 2.79. The molecule has 1 unspecified atom stereocenters. The molecule has 1 atom stereocenters. The van der Waals surface area contributed by atoms with Gasteiger partial charge in [0.05, 0.1) is 6.26 Å². The molecule has 0 amide bonds. The maximum Gasteiger partial charge on any atom is 0.104 e. The zero-order chi connectivity index (χ0) is 11.5. The first-order valence-corrected chi connectivity index (χ1v) is 5.76. The van der Waals surface area contributed by atoms with Gasteiger partial charge < -0.3 is 4.42 Å². The molecular weight excluding hydrogens is 196 g/mol. The first-order valence-electron chi connectivity index (χ1n) is 5.76. The van der Waals surface area contributed by atoms with Crippen molar-refractivity contribution in [1.29, 1.82) is 0 Å². The monoisotopic (exact) mass is 214 g/mol. The Kier molecular flexibility index (Phi) is 3.14. The molecule has 0 aliphatic rings. The molecule has 2 aromatic rings. The Labute approximate surface area is 97.1 Å². The van der Waals surface area contributed by atoms with Crippen molar-refractivity contribution < 1.29 is 4.42 Å². The summed E-state index contributed by atoms with van der Waals surface area (Å²) in [5, 5.41) is 0. The van der Waals surface area contributed by atoms with E-state index in [1.165, 1.54) is 16.7 Å². The standard InChI is InChI=1S/C15H18O/c1-11-4-6-14(7-5-11)13(3)9-15-8-12(2)10-16-15/h4-8,10,13H,9H2,1-3H3. The third-order valence-electron chi connectivity index (χ3n) is 2.94. The van der Waals surface area contributed by atoms with Crippen LogP contribution in [-0.4, -0.2) is 0 Å². The van der Waals surface area contributed by atoms with E-state index < -0.39 is 0 Å². The lowest BCUT2D eigenvalue weighted by Gasteiger charge is -2.10. The topological polar surface area (TPSA) is 13.1 Å². The van der Waals surface area contributed by atoms with Crippen LogP contribution in [0.2, 0.25) is 0 Å². The molecule has 1 heteroatoms. The van der Waals surface area contributed by atoms with Crippen molar-refractivity contribution >= 4 is 0 Å². The largest absolute Gasteiger partial charge is 0.469 e. The third-order valence-corrected chi connectivity index (χ3v) is 2.94. The van der Waals surface area contributed by atoms with Crippen LogP contribution in [0.4, 0.5) is 0 Å². The zero-order valence-corrected chi connectivity index (χ0v) is 10.2. The number of rotatable bonds is 3. The molecule has 0 spiro atoms. The summed E-state index contributed by atoms with van der Waals surface area (Å²) >= 11 is 0.